The third kappa shape index (κ3) is 4.07. The number of nitrogens with zero attached hydrogens (tertiary/aromatic N) is 1. The third-order valence-corrected chi connectivity index (χ3v) is 3.09. The first-order valence-electron chi connectivity index (χ1n) is 6.11. The number of hydrogen-bond donors (Lipinski definition) is 1. The van der Waals surface area contributed by atoms with Gasteiger partial charge in [0.25, 0.3) is 5.69 Å². The van der Waals surface area contributed by atoms with Crippen molar-refractivity contribution in [2.24, 2.45) is 5.92 Å². The van der Waals surface area contributed by atoms with Crippen LogP contribution in [0.2, 0.25) is 0 Å². The maximum absolute atomic E-state index is 13.3. The van der Waals surface area contributed by atoms with Gasteiger partial charge in [-0.05, 0) is 37.4 Å². The Balaban J connectivity index is 2.81. The van der Waals surface area contributed by atoms with E-state index in [4.69, 9.17) is 0 Å². The molecule has 0 bridgehead atoms. The predicted molar refractivity (Wildman–Crippen MR) is 69.1 cm³/mol. The fourth-order valence-electron chi connectivity index (χ4n) is 1.93. The van der Waals surface area contributed by atoms with Crippen molar-refractivity contribution in [1.82, 2.24) is 5.32 Å². The van der Waals surface area contributed by atoms with E-state index in [1.165, 1.54) is 12.1 Å². The first-order valence-corrected chi connectivity index (χ1v) is 6.11. The average molecular weight is 254 g/mol. The largest absolute Gasteiger partial charge is 0.314 e. The molecule has 2 unspecified atom stereocenters. The van der Waals surface area contributed by atoms with Gasteiger partial charge in [0.05, 0.1) is 11.0 Å². The van der Waals surface area contributed by atoms with E-state index in [0.717, 1.165) is 12.6 Å². The quantitative estimate of drug-likeness (QED) is 0.627. The summed E-state index contributed by atoms with van der Waals surface area (Å²) in [6, 6.07) is 4.04. The highest BCUT2D eigenvalue weighted by molar-refractivity contribution is 5.35. The molecule has 0 fully saturated rings. The number of halogens is 1. The second kappa shape index (κ2) is 6.44. The molecule has 0 aliphatic rings. The molecule has 1 aromatic carbocycles. The number of nitrogens with one attached hydrogen (secondary N) is 1. The van der Waals surface area contributed by atoms with E-state index in [1.54, 1.807) is 0 Å². The zero-order chi connectivity index (χ0) is 13.7. The fourth-order valence-corrected chi connectivity index (χ4v) is 1.93. The van der Waals surface area contributed by atoms with E-state index in [9.17, 15) is 14.5 Å². The van der Waals surface area contributed by atoms with Gasteiger partial charge in [-0.3, -0.25) is 10.1 Å². The normalized spacial score (nSPS) is 14.2. The molecule has 1 aromatic rings. The molecule has 0 radical (unpaired) electrons. The molecule has 100 valence electrons. The van der Waals surface area contributed by atoms with Crippen LogP contribution in [0.4, 0.5) is 10.1 Å². The van der Waals surface area contributed by atoms with Gasteiger partial charge in [-0.15, -0.1) is 0 Å². The summed E-state index contributed by atoms with van der Waals surface area (Å²) in [5.41, 5.74) is 0.479. The average Bonchev–Trinajstić information content (AvgIpc) is 2.28. The Morgan fingerprint density at radius 1 is 1.39 bits per heavy atom. The van der Waals surface area contributed by atoms with Crippen molar-refractivity contribution in [2.45, 2.75) is 33.2 Å². The van der Waals surface area contributed by atoms with Gasteiger partial charge in [-0.25, -0.2) is 4.39 Å². The topological polar surface area (TPSA) is 55.2 Å². The number of rotatable bonds is 6. The minimum Gasteiger partial charge on any atom is -0.314 e. The molecular formula is C13H19FN2O2. The molecule has 0 spiro atoms. The van der Waals surface area contributed by atoms with E-state index >= 15 is 0 Å². The molecule has 4 nitrogen and oxygen atoms in total. The van der Waals surface area contributed by atoms with Gasteiger partial charge < -0.3 is 5.32 Å². The highest BCUT2D eigenvalue weighted by Gasteiger charge is 2.15. The van der Waals surface area contributed by atoms with Crippen molar-refractivity contribution < 1.29 is 9.31 Å². The summed E-state index contributed by atoms with van der Waals surface area (Å²) in [4.78, 5) is 10.1. The smallest absolute Gasteiger partial charge is 0.272 e. The van der Waals surface area contributed by atoms with Crippen molar-refractivity contribution in [3.63, 3.8) is 0 Å². The Kier molecular flexibility index (Phi) is 5.22. The Hall–Kier alpha value is -1.49. The molecular weight excluding hydrogens is 235 g/mol. The number of hydrogen-bond acceptors (Lipinski definition) is 3. The van der Waals surface area contributed by atoms with E-state index < -0.39 is 10.7 Å². The second-order valence-corrected chi connectivity index (χ2v) is 4.60. The van der Waals surface area contributed by atoms with Crippen LogP contribution in [0, 0.1) is 21.8 Å². The molecule has 0 saturated carbocycles. The summed E-state index contributed by atoms with van der Waals surface area (Å²) >= 11 is 0. The highest BCUT2D eigenvalue weighted by atomic mass is 19.1. The number of nitro groups is 1. The van der Waals surface area contributed by atoms with Gasteiger partial charge >= 0.3 is 0 Å². The molecule has 0 amide bonds. The first kappa shape index (κ1) is 14.6. The third-order valence-electron chi connectivity index (χ3n) is 3.09. The lowest BCUT2D eigenvalue weighted by Gasteiger charge is -2.20. The minimum atomic E-state index is -0.565. The van der Waals surface area contributed by atoms with Crippen molar-refractivity contribution in [2.75, 3.05) is 6.54 Å². The molecule has 0 saturated heterocycles. The molecule has 0 heterocycles. The number of nitro benzene ring substituents is 1. The van der Waals surface area contributed by atoms with Crippen molar-refractivity contribution in [3.8, 4) is 0 Å². The van der Waals surface area contributed by atoms with Crippen LogP contribution in [0.1, 0.15) is 26.3 Å². The standard InChI is InChI=1S/C13H19FN2O2/c1-4-15-10(3)9(2)5-11-6-12(14)8-13(7-11)16(17)18/h6-10,15H,4-5H2,1-3H3. The zero-order valence-corrected chi connectivity index (χ0v) is 10.9. The summed E-state index contributed by atoms with van der Waals surface area (Å²) in [6.07, 6.45) is 0.618. The van der Waals surface area contributed by atoms with Crippen LogP contribution in [-0.2, 0) is 6.42 Å². The molecule has 0 aliphatic carbocycles. The van der Waals surface area contributed by atoms with Crippen LogP contribution >= 0.6 is 0 Å². The number of benzene rings is 1. The molecule has 18 heavy (non-hydrogen) atoms. The zero-order valence-electron chi connectivity index (χ0n) is 10.9. The number of non-ortho nitro benzene ring substituents is 1. The monoisotopic (exact) mass is 254 g/mol. The summed E-state index contributed by atoms with van der Waals surface area (Å²) in [7, 11) is 0. The van der Waals surface area contributed by atoms with Crippen LogP contribution in [0.15, 0.2) is 18.2 Å². The van der Waals surface area contributed by atoms with E-state index in [2.05, 4.69) is 12.2 Å². The van der Waals surface area contributed by atoms with Gasteiger partial charge in [0.2, 0.25) is 0 Å². The van der Waals surface area contributed by atoms with Gasteiger partial charge in [0.1, 0.15) is 5.82 Å². The predicted octanol–water partition coefficient (Wildman–Crippen LogP) is 2.91. The molecule has 1 rings (SSSR count). The molecule has 2 atom stereocenters. The van der Waals surface area contributed by atoms with Crippen molar-refractivity contribution >= 4 is 5.69 Å². The van der Waals surface area contributed by atoms with Crippen LogP contribution in [0.3, 0.4) is 0 Å². The van der Waals surface area contributed by atoms with Gasteiger partial charge in [-0.1, -0.05) is 13.8 Å². The Morgan fingerprint density at radius 2 is 2.06 bits per heavy atom. The summed E-state index contributed by atoms with van der Waals surface area (Å²) < 4.78 is 13.3. The maximum Gasteiger partial charge on any atom is 0.272 e. The van der Waals surface area contributed by atoms with Crippen molar-refractivity contribution in [3.05, 3.63) is 39.7 Å². The van der Waals surface area contributed by atoms with Crippen LogP contribution in [-0.4, -0.2) is 17.5 Å². The first-order chi connectivity index (χ1) is 8.43. The van der Waals surface area contributed by atoms with Crippen LogP contribution in [0.25, 0.3) is 0 Å². The lowest BCUT2D eigenvalue weighted by Crippen LogP contribution is -2.32. The highest BCUT2D eigenvalue weighted by Crippen LogP contribution is 2.20. The molecule has 0 aromatic heterocycles. The lowest BCUT2D eigenvalue weighted by atomic mass is 9.94. The molecule has 0 aliphatic heterocycles. The van der Waals surface area contributed by atoms with Crippen LogP contribution < -0.4 is 5.32 Å². The molecule has 1 N–H and O–H groups in total. The Labute approximate surface area is 106 Å². The minimum absolute atomic E-state index is 0.187. The second-order valence-electron chi connectivity index (χ2n) is 4.60. The summed E-state index contributed by atoms with van der Waals surface area (Å²) in [6.45, 7) is 7.00. The fraction of sp³-hybridized carbons (Fsp3) is 0.538. The van der Waals surface area contributed by atoms with Gasteiger partial charge in [0, 0.05) is 12.1 Å². The van der Waals surface area contributed by atoms with Crippen molar-refractivity contribution in [1.29, 1.82) is 0 Å². The Bertz CT molecular complexity index is 423. The maximum atomic E-state index is 13.3. The van der Waals surface area contributed by atoms with Gasteiger partial charge in [0.15, 0.2) is 0 Å². The van der Waals surface area contributed by atoms with E-state index in [0.29, 0.717) is 12.0 Å². The van der Waals surface area contributed by atoms with E-state index in [-0.39, 0.29) is 17.6 Å². The summed E-state index contributed by atoms with van der Waals surface area (Å²) in [5.74, 6) is -0.270. The lowest BCUT2D eigenvalue weighted by molar-refractivity contribution is -0.385. The Morgan fingerprint density at radius 3 is 2.61 bits per heavy atom. The van der Waals surface area contributed by atoms with Gasteiger partial charge in [-0.2, -0.15) is 0 Å². The summed E-state index contributed by atoms with van der Waals surface area (Å²) in [5, 5.41) is 13.9. The molecule has 5 heteroatoms. The van der Waals surface area contributed by atoms with E-state index in [1.807, 2.05) is 13.8 Å². The SMILES string of the molecule is CCNC(C)C(C)Cc1cc(F)cc([N+](=O)[O-])c1. The van der Waals surface area contributed by atoms with Crippen LogP contribution in [0.5, 0.6) is 0 Å².